The van der Waals surface area contributed by atoms with Crippen LogP contribution in [0.25, 0.3) is 0 Å². The quantitative estimate of drug-likeness (QED) is 0.639. The first-order chi connectivity index (χ1) is 7.68. The predicted octanol–water partition coefficient (Wildman–Crippen LogP) is 3.30. The van der Waals surface area contributed by atoms with Crippen LogP contribution < -0.4 is 0 Å². The number of ether oxygens (including phenoxy) is 1. The molecule has 1 heterocycles. The highest BCUT2D eigenvalue weighted by Gasteiger charge is 2.46. The summed E-state index contributed by atoms with van der Waals surface area (Å²) in [6, 6.07) is 0. The van der Waals surface area contributed by atoms with Crippen LogP contribution in [0.3, 0.4) is 0 Å². The Morgan fingerprint density at radius 3 is 2.57 bits per heavy atom. The summed E-state index contributed by atoms with van der Waals surface area (Å²) < 4.78 is 19.8. The minimum absolute atomic E-state index is 0.0592. The molecule has 0 radical (unpaired) electrons. The molecular formula is C12H22O2. The Bertz CT molecular complexity index is 223. The van der Waals surface area contributed by atoms with Gasteiger partial charge in [-0.05, 0) is 19.3 Å². The normalized spacial score (nSPS) is 26.9. The van der Waals surface area contributed by atoms with Crippen molar-refractivity contribution in [2.45, 2.75) is 65.4 Å². The fourth-order valence-electron chi connectivity index (χ4n) is 2.27. The van der Waals surface area contributed by atoms with Crippen LogP contribution in [-0.2, 0) is 9.53 Å². The summed E-state index contributed by atoms with van der Waals surface area (Å²) >= 11 is 0. The zero-order chi connectivity index (χ0) is 12.0. The lowest BCUT2D eigenvalue weighted by molar-refractivity contribution is -0.149. The van der Waals surface area contributed by atoms with Crippen LogP contribution in [0.1, 0.15) is 62.0 Å². The first kappa shape index (κ1) is 8.75. The minimum Gasteiger partial charge on any atom is -0.462 e. The SMILES string of the molecule is [3H]CCCC1(CCC[3H])CC(CC)OC1=O. The van der Waals surface area contributed by atoms with E-state index in [4.69, 9.17) is 7.48 Å². The lowest BCUT2D eigenvalue weighted by Crippen LogP contribution is -2.26. The van der Waals surface area contributed by atoms with Crippen LogP contribution >= 0.6 is 0 Å². The van der Waals surface area contributed by atoms with E-state index in [0.717, 1.165) is 38.5 Å². The van der Waals surface area contributed by atoms with Crippen LogP contribution in [-0.4, -0.2) is 12.1 Å². The molecule has 1 fully saturated rings. The zero-order valence-corrected chi connectivity index (χ0v) is 9.05. The molecule has 0 aromatic carbocycles. The van der Waals surface area contributed by atoms with Gasteiger partial charge in [-0.2, -0.15) is 0 Å². The van der Waals surface area contributed by atoms with Crippen molar-refractivity contribution in [3.05, 3.63) is 0 Å². The lowest BCUT2D eigenvalue weighted by atomic mass is 9.76. The predicted molar refractivity (Wildman–Crippen MR) is 57.0 cm³/mol. The fraction of sp³-hybridized carbons (Fsp3) is 0.917. The molecule has 0 aliphatic carbocycles. The van der Waals surface area contributed by atoms with Crippen molar-refractivity contribution < 1.29 is 12.3 Å². The third kappa shape index (κ3) is 2.10. The largest absolute Gasteiger partial charge is 0.462 e. The van der Waals surface area contributed by atoms with Gasteiger partial charge in [0, 0.05) is 9.16 Å². The van der Waals surface area contributed by atoms with E-state index in [9.17, 15) is 4.79 Å². The van der Waals surface area contributed by atoms with Crippen molar-refractivity contribution >= 4 is 5.97 Å². The molecule has 0 aromatic heterocycles. The minimum atomic E-state index is -0.372. The summed E-state index contributed by atoms with van der Waals surface area (Å²) in [5, 5.41) is 0. The fourth-order valence-corrected chi connectivity index (χ4v) is 2.27. The molecule has 0 saturated carbocycles. The summed E-state index contributed by atoms with van der Waals surface area (Å²) in [6.07, 6.45) is 4.74. The molecule has 0 amide bonds. The summed E-state index contributed by atoms with van der Waals surface area (Å²) in [5.41, 5.74) is -0.372. The highest BCUT2D eigenvalue weighted by Crippen LogP contribution is 2.42. The van der Waals surface area contributed by atoms with Crippen molar-refractivity contribution in [1.82, 2.24) is 0 Å². The van der Waals surface area contributed by atoms with Gasteiger partial charge in [-0.3, -0.25) is 4.79 Å². The molecule has 82 valence electrons. The van der Waals surface area contributed by atoms with Gasteiger partial charge in [-0.1, -0.05) is 33.6 Å². The number of carbonyl (C=O) groups excluding carboxylic acids is 1. The van der Waals surface area contributed by atoms with Gasteiger partial charge in [0.2, 0.25) is 0 Å². The smallest absolute Gasteiger partial charge is 0.312 e. The van der Waals surface area contributed by atoms with Gasteiger partial charge in [-0.25, -0.2) is 0 Å². The van der Waals surface area contributed by atoms with Crippen molar-refractivity contribution in [1.29, 1.82) is 0 Å². The van der Waals surface area contributed by atoms with Gasteiger partial charge < -0.3 is 4.74 Å². The molecule has 2 heteroatoms. The van der Waals surface area contributed by atoms with Gasteiger partial charge in [0.1, 0.15) is 6.10 Å². The van der Waals surface area contributed by atoms with Crippen LogP contribution in [0.5, 0.6) is 0 Å². The Morgan fingerprint density at radius 1 is 1.50 bits per heavy atom. The number of hydrogen-bond acceptors (Lipinski definition) is 2. The van der Waals surface area contributed by atoms with Crippen molar-refractivity contribution in [2.75, 3.05) is 0 Å². The first-order valence-corrected chi connectivity index (χ1v) is 5.48. The number of carbonyl (C=O) groups is 1. The maximum Gasteiger partial charge on any atom is 0.312 e. The Morgan fingerprint density at radius 2 is 2.14 bits per heavy atom. The van der Waals surface area contributed by atoms with Gasteiger partial charge in [0.05, 0.1) is 5.41 Å². The topological polar surface area (TPSA) is 26.3 Å². The van der Waals surface area contributed by atoms with E-state index >= 15 is 0 Å². The monoisotopic (exact) mass is 202 g/mol. The van der Waals surface area contributed by atoms with Gasteiger partial charge in [0.25, 0.3) is 0 Å². The Hall–Kier alpha value is -0.530. The van der Waals surface area contributed by atoms with E-state index in [-0.39, 0.29) is 17.5 Å². The van der Waals surface area contributed by atoms with Crippen molar-refractivity contribution in [2.24, 2.45) is 5.41 Å². The van der Waals surface area contributed by atoms with E-state index in [1.165, 1.54) is 0 Å². The molecule has 1 rings (SSSR count). The number of hydrogen-bond donors (Lipinski definition) is 0. The number of rotatable bonds is 5. The summed E-state index contributed by atoms with van der Waals surface area (Å²) in [5.74, 6) is -0.0822. The zero-order valence-electron chi connectivity index (χ0n) is 11.1. The summed E-state index contributed by atoms with van der Waals surface area (Å²) in [6.45, 7) is 2.77. The molecule has 0 N–H and O–H groups in total. The van der Waals surface area contributed by atoms with E-state index in [1.54, 1.807) is 0 Å². The molecule has 1 atom stereocenters. The van der Waals surface area contributed by atoms with E-state index in [1.807, 2.05) is 6.92 Å². The highest BCUT2D eigenvalue weighted by atomic mass is 16.6. The molecule has 14 heavy (non-hydrogen) atoms. The molecule has 0 bridgehead atoms. The third-order valence-electron chi connectivity index (χ3n) is 3.09. The lowest BCUT2D eigenvalue weighted by Gasteiger charge is -2.23. The Balaban J connectivity index is 2.65. The second-order valence-corrected chi connectivity index (χ2v) is 4.13. The standard InChI is InChI=1S/C12H22O2/c1-4-7-12(8-5-2)9-10(6-3)14-11(12)13/h10H,4-9H2,1-3H3/i1T,2T. The molecule has 1 unspecified atom stereocenters. The Kier molecular flexibility index (Phi) is 3.01. The van der Waals surface area contributed by atoms with E-state index < -0.39 is 0 Å². The van der Waals surface area contributed by atoms with Crippen LogP contribution in [0.4, 0.5) is 0 Å². The Labute approximate surface area is 89.8 Å². The molecular weight excluding hydrogens is 176 g/mol. The maximum atomic E-state index is 11.9. The second kappa shape index (κ2) is 4.81. The van der Waals surface area contributed by atoms with Gasteiger partial charge in [0.15, 0.2) is 0 Å². The van der Waals surface area contributed by atoms with Crippen LogP contribution in [0.2, 0.25) is 0 Å². The molecule has 0 spiro atoms. The van der Waals surface area contributed by atoms with Gasteiger partial charge >= 0.3 is 5.97 Å². The van der Waals surface area contributed by atoms with Crippen molar-refractivity contribution in [3.63, 3.8) is 0 Å². The van der Waals surface area contributed by atoms with Crippen LogP contribution in [0, 0.1) is 5.41 Å². The average Bonchev–Trinajstić information content (AvgIpc) is 2.61. The number of cyclic esters (lactones) is 1. The first-order valence-electron chi connectivity index (χ1n) is 6.89. The highest BCUT2D eigenvalue weighted by molar-refractivity contribution is 5.79. The molecule has 1 aliphatic rings. The molecule has 2 nitrogen and oxygen atoms in total. The number of esters is 1. The summed E-state index contributed by atoms with van der Waals surface area (Å²) in [4.78, 5) is 11.9. The van der Waals surface area contributed by atoms with E-state index in [0.29, 0.717) is 13.8 Å². The third-order valence-corrected chi connectivity index (χ3v) is 3.09. The molecule has 1 saturated heterocycles. The molecule has 1 aliphatic heterocycles. The van der Waals surface area contributed by atoms with Gasteiger partial charge in [-0.15, -0.1) is 0 Å². The van der Waals surface area contributed by atoms with E-state index in [2.05, 4.69) is 0 Å². The molecule has 0 aromatic rings. The maximum absolute atomic E-state index is 11.9. The summed E-state index contributed by atoms with van der Waals surface area (Å²) in [7, 11) is 0. The van der Waals surface area contributed by atoms with Crippen LogP contribution in [0.15, 0.2) is 0 Å². The average molecular weight is 202 g/mol. The second-order valence-electron chi connectivity index (χ2n) is 4.13. The van der Waals surface area contributed by atoms with Crippen molar-refractivity contribution in [3.8, 4) is 0 Å².